The van der Waals surface area contributed by atoms with E-state index in [0.717, 1.165) is 5.82 Å². The molecule has 7 nitrogen and oxygen atoms in total. The Morgan fingerprint density at radius 1 is 1.23 bits per heavy atom. The van der Waals surface area contributed by atoms with E-state index in [-0.39, 0.29) is 17.7 Å². The van der Waals surface area contributed by atoms with Crippen LogP contribution in [0.25, 0.3) is 5.82 Å². The molecule has 3 rings (SSSR count). The lowest BCUT2D eigenvalue weighted by molar-refractivity contribution is -0.123. The van der Waals surface area contributed by atoms with Crippen LogP contribution < -0.4 is 5.73 Å². The van der Waals surface area contributed by atoms with Gasteiger partial charge in [-0.15, -0.1) is 0 Å². The van der Waals surface area contributed by atoms with Gasteiger partial charge in [0, 0.05) is 38.4 Å². The van der Waals surface area contributed by atoms with Crippen molar-refractivity contribution in [3.8, 4) is 5.82 Å². The first-order valence-corrected chi connectivity index (χ1v) is 7.32. The second-order valence-electron chi connectivity index (χ2n) is 5.56. The van der Waals surface area contributed by atoms with E-state index in [0.29, 0.717) is 31.5 Å². The molecular formula is C15H19N5O2. The summed E-state index contributed by atoms with van der Waals surface area (Å²) < 4.78 is 3.56. The number of aryl methyl sites for hydroxylation is 1. The Balaban J connectivity index is 1.81. The predicted molar refractivity (Wildman–Crippen MR) is 80.4 cm³/mol. The quantitative estimate of drug-likeness (QED) is 0.898. The summed E-state index contributed by atoms with van der Waals surface area (Å²) in [4.78, 5) is 25.7. The van der Waals surface area contributed by atoms with Crippen LogP contribution in [0.4, 0.5) is 0 Å². The lowest BCUT2D eigenvalue weighted by atomic mass is 9.96. The van der Waals surface area contributed by atoms with Crippen LogP contribution in [0.3, 0.4) is 0 Å². The standard InChI is InChI=1S/C15H19N5O2/c1-18-14(19-6-2-3-7-19)12(10-17-18)15(22)20-8-4-11(5-9-20)13(16)21/h2-3,6-7,10-11H,4-5,8-9H2,1H3,(H2,16,21). The van der Waals surface area contributed by atoms with Crippen molar-refractivity contribution in [2.75, 3.05) is 13.1 Å². The minimum absolute atomic E-state index is 0.0558. The first-order chi connectivity index (χ1) is 10.6. The fraction of sp³-hybridized carbons (Fsp3) is 0.400. The van der Waals surface area contributed by atoms with Gasteiger partial charge in [-0.1, -0.05) is 0 Å². The number of nitrogens with two attached hydrogens (primary N) is 1. The molecule has 0 unspecified atom stereocenters. The van der Waals surface area contributed by atoms with Crippen molar-refractivity contribution < 1.29 is 9.59 Å². The molecule has 2 N–H and O–H groups in total. The lowest BCUT2D eigenvalue weighted by Gasteiger charge is -2.30. The molecule has 1 saturated heterocycles. The van der Waals surface area contributed by atoms with E-state index in [9.17, 15) is 9.59 Å². The van der Waals surface area contributed by atoms with Gasteiger partial charge in [0.05, 0.1) is 6.20 Å². The fourth-order valence-corrected chi connectivity index (χ4v) is 2.90. The van der Waals surface area contributed by atoms with Crippen LogP contribution in [-0.2, 0) is 11.8 Å². The third kappa shape index (κ3) is 2.49. The first kappa shape index (κ1) is 14.4. The zero-order valence-corrected chi connectivity index (χ0v) is 12.5. The molecule has 0 bridgehead atoms. The highest BCUT2D eigenvalue weighted by molar-refractivity contribution is 5.97. The normalized spacial score (nSPS) is 16.0. The van der Waals surface area contributed by atoms with E-state index >= 15 is 0 Å². The maximum Gasteiger partial charge on any atom is 0.259 e. The lowest BCUT2D eigenvalue weighted by Crippen LogP contribution is -2.41. The molecule has 2 amide bonds. The van der Waals surface area contributed by atoms with Crippen molar-refractivity contribution in [2.45, 2.75) is 12.8 Å². The number of aromatic nitrogens is 3. The summed E-state index contributed by atoms with van der Waals surface area (Å²) in [6.45, 7) is 1.10. The summed E-state index contributed by atoms with van der Waals surface area (Å²) in [5.74, 6) is 0.287. The molecule has 0 aromatic carbocycles. The highest BCUT2D eigenvalue weighted by Crippen LogP contribution is 2.21. The zero-order valence-electron chi connectivity index (χ0n) is 12.5. The van der Waals surface area contributed by atoms with Crippen LogP contribution in [-0.4, -0.2) is 44.2 Å². The third-order valence-corrected chi connectivity index (χ3v) is 4.17. The van der Waals surface area contributed by atoms with Crippen molar-refractivity contribution in [2.24, 2.45) is 18.7 Å². The van der Waals surface area contributed by atoms with Crippen molar-refractivity contribution in [1.82, 2.24) is 19.2 Å². The number of rotatable bonds is 3. The number of nitrogens with zero attached hydrogens (tertiary/aromatic N) is 4. The number of carbonyl (C=O) groups excluding carboxylic acids is 2. The molecule has 0 saturated carbocycles. The van der Waals surface area contributed by atoms with Crippen molar-refractivity contribution >= 4 is 11.8 Å². The molecule has 22 heavy (non-hydrogen) atoms. The topological polar surface area (TPSA) is 86.2 Å². The molecule has 3 heterocycles. The number of hydrogen-bond acceptors (Lipinski definition) is 3. The van der Waals surface area contributed by atoms with E-state index < -0.39 is 0 Å². The van der Waals surface area contributed by atoms with Crippen LogP contribution in [0.2, 0.25) is 0 Å². The molecule has 7 heteroatoms. The number of hydrogen-bond donors (Lipinski definition) is 1. The molecule has 0 aliphatic carbocycles. The first-order valence-electron chi connectivity index (χ1n) is 7.32. The van der Waals surface area contributed by atoms with Gasteiger partial charge in [-0.2, -0.15) is 5.10 Å². The molecule has 1 aliphatic rings. The number of piperidine rings is 1. The average Bonchev–Trinajstić information content (AvgIpc) is 3.15. The minimum atomic E-state index is -0.276. The minimum Gasteiger partial charge on any atom is -0.369 e. The van der Waals surface area contributed by atoms with E-state index in [1.165, 1.54) is 0 Å². The summed E-state index contributed by atoms with van der Waals surface area (Å²) in [7, 11) is 1.81. The predicted octanol–water partition coefficient (Wildman–Crippen LogP) is 0.548. The largest absolute Gasteiger partial charge is 0.369 e. The van der Waals surface area contributed by atoms with Gasteiger partial charge in [0.2, 0.25) is 5.91 Å². The Morgan fingerprint density at radius 3 is 2.45 bits per heavy atom. The Labute approximate surface area is 128 Å². The SMILES string of the molecule is Cn1ncc(C(=O)N2CCC(C(N)=O)CC2)c1-n1cccc1. The summed E-state index contributed by atoms with van der Waals surface area (Å²) in [5, 5.41) is 4.21. The van der Waals surface area contributed by atoms with Crippen LogP contribution in [0.15, 0.2) is 30.7 Å². The van der Waals surface area contributed by atoms with Crippen molar-refractivity contribution in [3.63, 3.8) is 0 Å². The Kier molecular flexibility index (Phi) is 3.70. The van der Waals surface area contributed by atoms with Crippen LogP contribution in [0.5, 0.6) is 0 Å². The third-order valence-electron chi connectivity index (χ3n) is 4.17. The van der Waals surface area contributed by atoms with Crippen LogP contribution >= 0.6 is 0 Å². The molecular weight excluding hydrogens is 282 g/mol. The molecule has 2 aromatic heterocycles. The van der Waals surface area contributed by atoms with Gasteiger partial charge in [0.25, 0.3) is 5.91 Å². The monoisotopic (exact) mass is 301 g/mol. The van der Waals surface area contributed by atoms with Gasteiger partial charge in [0.1, 0.15) is 11.4 Å². The zero-order chi connectivity index (χ0) is 15.7. The fourth-order valence-electron chi connectivity index (χ4n) is 2.90. The highest BCUT2D eigenvalue weighted by atomic mass is 16.2. The summed E-state index contributed by atoms with van der Waals surface area (Å²) >= 11 is 0. The summed E-state index contributed by atoms with van der Waals surface area (Å²) in [6, 6.07) is 3.80. The maximum absolute atomic E-state index is 12.7. The van der Waals surface area contributed by atoms with Gasteiger partial charge in [-0.05, 0) is 25.0 Å². The maximum atomic E-state index is 12.7. The second-order valence-corrected chi connectivity index (χ2v) is 5.56. The Hall–Kier alpha value is -2.57. The van der Waals surface area contributed by atoms with E-state index in [1.807, 2.05) is 36.1 Å². The van der Waals surface area contributed by atoms with Crippen molar-refractivity contribution in [3.05, 3.63) is 36.3 Å². The van der Waals surface area contributed by atoms with Gasteiger partial charge in [-0.25, -0.2) is 0 Å². The summed E-state index contributed by atoms with van der Waals surface area (Å²) in [6.07, 6.45) is 6.61. The van der Waals surface area contributed by atoms with Crippen LogP contribution in [0.1, 0.15) is 23.2 Å². The Morgan fingerprint density at radius 2 is 1.86 bits per heavy atom. The van der Waals surface area contributed by atoms with E-state index in [2.05, 4.69) is 5.10 Å². The number of amides is 2. The van der Waals surface area contributed by atoms with Crippen molar-refractivity contribution in [1.29, 1.82) is 0 Å². The van der Waals surface area contributed by atoms with E-state index in [1.54, 1.807) is 15.8 Å². The Bertz CT molecular complexity index is 681. The second kappa shape index (κ2) is 5.67. The van der Waals surface area contributed by atoms with Gasteiger partial charge in [0.15, 0.2) is 0 Å². The number of likely N-dealkylation sites (tertiary alicyclic amines) is 1. The summed E-state index contributed by atoms with van der Waals surface area (Å²) in [5.41, 5.74) is 5.90. The molecule has 0 spiro atoms. The highest BCUT2D eigenvalue weighted by Gasteiger charge is 2.28. The number of primary amides is 1. The molecule has 116 valence electrons. The van der Waals surface area contributed by atoms with Gasteiger partial charge < -0.3 is 15.2 Å². The number of carbonyl (C=O) groups is 2. The molecule has 1 aliphatic heterocycles. The average molecular weight is 301 g/mol. The van der Waals surface area contributed by atoms with Crippen LogP contribution in [0, 0.1) is 5.92 Å². The molecule has 1 fully saturated rings. The molecule has 0 atom stereocenters. The smallest absolute Gasteiger partial charge is 0.259 e. The molecule has 0 radical (unpaired) electrons. The van der Waals surface area contributed by atoms with E-state index in [4.69, 9.17) is 5.73 Å². The van der Waals surface area contributed by atoms with Gasteiger partial charge in [-0.3, -0.25) is 14.3 Å². The van der Waals surface area contributed by atoms with Gasteiger partial charge >= 0.3 is 0 Å². The molecule has 2 aromatic rings.